The SMILES string of the molecule is C[C@@H]1C[C@@H](C)CN(C[C@@H](C)NC(=O)COc2ccc(F)cc2F)C1. The van der Waals surface area contributed by atoms with Gasteiger partial charge in [0.1, 0.15) is 5.82 Å². The molecule has 1 aromatic rings. The molecule has 3 atom stereocenters. The zero-order chi connectivity index (χ0) is 17.7. The van der Waals surface area contributed by atoms with Crippen LogP contribution in [0.4, 0.5) is 8.78 Å². The molecule has 0 aromatic heterocycles. The van der Waals surface area contributed by atoms with Gasteiger partial charge < -0.3 is 15.0 Å². The maximum atomic E-state index is 13.4. The zero-order valence-corrected chi connectivity index (χ0v) is 14.5. The molecule has 0 saturated carbocycles. The number of rotatable bonds is 6. The minimum absolute atomic E-state index is 0.0170. The minimum atomic E-state index is -0.813. The lowest BCUT2D eigenvalue weighted by molar-refractivity contribution is -0.123. The molecule has 0 spiro atoms. The van der Waals surface area contributed by atoms with Gasteiger partial charge in [-0.25, -0.2) is 8.78 Å². The molecule has 0 radical (unpaired) electrons. The second-order valence-electron chi connectivity index (χ2n) is 7.00. The van der Waals surface area contributed by atoms with Crippen molar-refractivity contribution in [3.63, 3.8) is 0 Å². The predicted octanol–water partition coefficient (Wildman–Crippen LogP) is 2.83. The number of piperidine rings is 1. The van der Waals surface area contributed by atoms with Crippen LogP contribution in [0.3, 0.4) is 0 Å². The first-order chi connectivity index (χ1) is 11.3. The van der Waals surface area contributed by atoms with Gasteiger partial charge in [-0.1, -0.05) is 13.8 Å². The summed E-state index contributed by atoms with van der Waals surface area (Å²) in [6.07, 6.45) is 1.24. The molecule has 0 unspecified atom stereocenters. The molecule has 0 aliphatic carbocycles. The average molecular weight is 340 g/mol. The smallest absolute Gasteiger partial charge is 0.258 e. The zero-order valence-electron chi connectivity index (χ0n) is 14.5. The van der Waals surface area contributed by atoms with Crippen molar-refractivity contribution in [3.8, 4) is 5.75 Å². The van der Waals surface area contributed by atoms with Crippen LogP contribution in [0.5, 0.6) is 5.75 Å². The third kappa shape index (κ3) is 5.74. The van der Waals surface area contributed by atoms with E-state index in [1.54, 1.807) is 0 Å². The Labute approximate surface area is 142 Å². The number of likely N-dealkylation sites (tertiary alicyclic amines) is 1. The molecule has 2 rings (SSSR count). The Morgan fingerprint density at radius 1 is 1.33 bits per heavy atom. The van der Waals surface area contributed by atoms with Crippen molar-refractivity contribution in [1.29, 1.82) is 0 Å². The normalized spacial score (nSPS) is 22.9. The van der Waals surface area contributed by atoms with Gasteiger partial charge in [-0.05, 0) is 37.3 Å². The van der Waals surface area contributed by atoms with Crippen molar-refractivity contribution in [1.82, 2.24) is 10.2 Å². The van der Waals surface area contributed by atoms with Crippen LogP contribution in [0.1, 0.15) is 27.2 Å². The Morgan fingerprint density at radius 2 is 2.00 bits per heavy atom. The number of carbonyl (C=O) groups is 1. The van der Waals surface area contributed by atoms with E-state index in [0.29, 0.717) is 11.8 Å². The summed E-state index contributed by atoms with van der Waals surface area (Å²) >= 11 is 0. The Balaban J connectivity index is 1.75. The number of hydrogen-bond donors (Lipinski definition) is 1. The molecule has 1 aliphatic heterocycles. The predicted molar refractivity (Wildman–Crippen MR) is 88.8 cm³/mol. The minimum Gasteiger partial charge on any atom is -0.481 e. The van der Waals surface area contributed by atoms with Crippen LogP contribution in [-0.2, 0) is 4.79 Å². The van der Waals surface area contributed by atoms with E-state index in [2.05, 4.69) is 24.1 Å². The van der Waals surface area contributed by atoms with Crippen molar-refractivity contribution in [3.05, 3.63) is 29.8 Å². The van der Waals surface area contributed by atoms with Gasteiger partial charge in [-0.2, -0.15) is 0 Å². The van der Waals surface area contributed by atoms with E-state index in [1.165, 1.54) is 12.5 Å². The summed E-state index contributed by atoms with van der Waals surface area (Å²) in [5.41, 5.74) is 0. The lowest BCUT2D eigenvalue weighted by Crippen LogP contribution is -2.47. The largest absolute Gasteiger partial charge is 0.481 e. The fourth-order valence-electron chi connectivity index (χ4n) is 3.43. The number of nitrogens with zero attached hydrogens (tertiary/aromatic N) is 1. The van der Waals surface area contributed by atoms with E-state index in [9.17, 15) is 13.6 Å². The van der Waals surface area contributed by atoms with Crippen LogP contribution in [0.2, 0.25) is 0 Å². The first-order valence-electron chi connectivity index (χ1n) is 8.43. The summed E-state index contributed by atoms with van der Waals surface area (Å²) < 4.78 is 31.4. The van der Waals surface area contributed by atoms with Gasteiger partial charge in [0.25, 0.3) is 5.91 Å². The fourth-order valence-corrected chi connectivity index (χ4v) is 3.43. The topological polar surface area (TPSA) is 41.6 Å². The molecular weight excluding hydrogens is 314 g/mol. The summed E-state index contributed by atoms with van der Waals surface area (Å²) in [5, 5.41) is 2.86. The number of hydrogen-bond acceptors (Lipinski definition) is 3. The molecule has 24 heavy (non-hydrogen) atoms. The number of ether oxygens (including phenoxy) is 1. The average Bonchev–Trinajstić information content (AvgIpc) is 2.44. The van der Waals surface area contributed by atoms with Gasteiger partial charge in [0.15, 0.2) is 18.2 Å². The Hall–Kier alpha value is -1.69. The molecular formula is C18H26F2N2O2. The first kappa shape index (κ1) is 18.6. The standard InChI is InChI=1S/C18H26F2N2O2/c1-12-6-13(2)9-22(8-12)10-14(3)21-18(23)11-24-17-5-4-15(19)7-16(17)20/h4-5,7,12-14H,6,8-11H2,1-3H3,(H,21,23)/t12-,13-,14-/m1/s1. The highest BCUT2D eigenvalue weighted by Gasteiger charge is 2.23. The fraction of sp³-hybridized carbons (Fsp3) is 0.611. The molecule has 134 valence electrons. The van der Waals surface area contributed by atoms with Gasteiger partial charge in [-0.15, -0.1) is 0 Å². The molecule has 1 N–H and O–H groups in total. The Kier molecular flexibility index (Phi) is 6.54. The molecule has 1 saturated heterocycles. The molecule has 1 aromatic carbocycles. The molecule has 1 amide bonds. The quantitative estimate of drug-likeness (QED) is 0.866. The van der Waals surface area contributed by atoms with Crippen molar-refractivity contribution < 1.29 is 18.3 Å². The summed E-state index contributed by atoms with van der Waals surface area (Å²) in [4.78, 5) is 14.3. The summed E-state index contributed by atoms with van der Waals surface area (Å²) in [7, 11) is 0. The van der Waals surface area contributed by atoms with Crippen molar-refractivity contribution >= 4 is 5.91 Å². The summed E-state index contributed by atoms with van der Waals surface area (Å²) in [6, 6.07) is 2.99. The van der Waals surface area contributed by atoms with E-state index in [-0.39, 0.29) is 24.3 Å². The second-order valence-corrected chi connectivity index (χ2v) is 7.00. The van der Waals surface area contributed by atoms with Crippen LogP contribution >= 0.6 is 0 Å². The second kappa shape index (κ2) is 8.42. The van der Waals surface area contributed by atoms with Crippen LogP contribution < -0.4 is 10.1 Å². The Bertz CT molecular complexity index is 558. The number of benzene rings is 1. The van der Waals surface area contributed by atoms with Crippen molar-refractivity contribution in [2.45, 2.75) is 33.2 Å². The molecule has 1 fully saturated rings. The van der Waals surface area contributed by atoms with E-state index in [4.69, 9.17) is 4.74 Å². The highest BCUT2D eigenvalue weighted by atomic mass is 19.1. The highest BCUT2D eigenvalue weighted by Crippen LogP contribution is 2.21. The third-order valence-corrected chi connectivity index (χ3v) is 4.14. The van der Waals surface area contributed by atoms with E-state index < -0.39 is 11.6 Å². The Morgan fingerprint density at radius 3 is 2.62 bits per heavy atom. The van der Waals surface area contributed by atoms with Gasteiger partial charge in [-0.3, -0.25) is 4.79 Å². The summed E-state index contributed by atoms with van der Waals surface area (Å²) in [5.74, 6) is -0.597. The lowest BCUT2D eigenvalue weighted by Gasteiger charge is -2.36. The first-order valence-corrected chi connectivity index (χ1v) is 8.43. The number of halogens is 2. The molecule has 6 heteroatoms. The molecule has 1 aliphatic rings. The molecule has 4 nitrogen and oxygen atoms in total. The maximum Gasteiger partial charge on any atom is 0.258 e. The van der Waals surface area contributed by atoms with E-state index in [1.807, 2.05) is 6.92 Å². The number of nitrogens with one attached hydrogen (secondary N) is 1. The van der Waals surface area contributed by atoms with Gasteiger partial charge in [0, 0.05) is 31.7 Å². The van der Waals surface area contributed by atoms with Gasteiger partial charge >= 0.3 is 0 Å². The number of amides is 1. The lowest BCUT2D eigenvalue weighted by atomic mass is 9.92. The van der Waals surface area contributed by atoms with Crippen LogP contribution in [-0.4, -0.2) is 43.1 Å². The van der Waals surface area contributed by atoms with Gasteiger partial charge in [0.05, 0.1) is 0 Å². The van der Waals surface area contributed by atoms with Crippen molar-refractivity contribution in [2.75, 3.05) is 26.2 Å². The van der Waals surface area contributed by atoms with Gasteiger partial charge in [0.2, 0.25) is 0 Å². The highest BCUT2D eigenvalue weighted by molar-refractivity contribution is 5.77. The monoisotopic (exact) mass is 340 g/mol. The van der Waals surface area contributed by atoms with Crippen LogP contribution in [0.15, 0.2) is 18.2 Å². The summed E-state index contributed by atoms with van der Waals surface area (Å²) in [6.45, 7) is 9.02. The number of carbonyl (C=O) groups excluding carboxylic acids is 1. The van der Waals surface area contributed by atoms with Crippen LogP contribution in [0.25, 0.3) is 0 Å². The maximum absolute atomic E-state index is 13.4. The van der Waals surface area contributed by atoms with Crippen molar-refractivity contribution in [2.24, 2.45) is 11.8 Å². The third-order valence-electron chi connectivity index (χ3n) is 4.14. The van der Waals surface area contributed by atoms with E-state index >= 15 is 0 Å². The van der Waals surface area contributed by atoms with E-state index in [0.717, 1.165) is 31.8 Å². The molecule has 1 heterocycles. The van der Waals surface area contributed by atoms with Crippen LogP contribution in [0, 0.1) is 23.5 Å². The molecule has 0 bridgehead atoms.